The Kier molecular flexibility index (Phi) is 5.73. The third-order valence-electron chi connectivity index (χ3n) is 3.84. The Bertz CT molecular complexity index is 970. The van der Waals surface area contributed by atoms with E-state index in [4.69, 9.17) is 23.2 Å². The molecule has 0 saturated heterocycles. The summed E-state index contributed by atoms with van der Waals surface area (Å²) in [6.45, 7) is 0.340. The Labute approximate surface area is 164 Å². The number of rotatable bonds is 6. The van der Waals surface area contributed by atoms with Crippen molar-refractivity contribution in [2.75, 3.05) is 6.54 Å². The summed E-state index contributed by atoms with van der Waals surface area (Å²) >= 11 is 11.9. The lowest BCUT2D eigenvalue weighted by atomic mass is 10.1. The first kappa shape index (κ1) is 18.9. The largest absolute Gasteiger partial charge is 0.352 e. The molecule has 0 aliphatic heterocycles. The highest BCUT2D eigenvalue weighted by molar-refractivity contribution is 6.34. The summed E-state index contributed by atoms with van der Waals surface area (Å²) in [5, 5.41) is 15.2. The molecule has 1 heterocycles. The van der Waals surface area contributed by atoms with Gasteiger partial charge in [0, 0.05) is 40.6 Å². The first-order valence-electron chi connectivity index (χ1n) is 7.94. The van der Waals surface area contributed by atoms with Crippen molar-refractivity contribution in [3.05, 3.63) is 86.4 Å². The molecule has 1 aromatic heterocycles. The molecular weight excluding hydrogens is 391 g/mol. The van der Waals surface area contributed by atoms with Crippen molar-refractivity contribution in [1.82, 2.24) is 14.9 Å². The van der Waals surface area contributed by atoms with E-state index < -0.39 is 10.8 Å². The third-order valence-corrected chi connectivity index (χ3v) is 4.27. The number of imidazole rings is 1. The van der Waals surface area contributed by atoms with Crippen LogP contribution >= 0.6 is 23.2 Å². The van der Waals surface area contributed by atoms with Crippen LogP contribution in [-0.4, -0.2) is 26.9 Å². The molecule has 7 nitrogen and oxygen atoms in total. The molecule has 138 valence electrons. The Morgan fingerprint density at radius 1 is 1.19 bits per heavy atom. The highest BCUT2D eigenvalue weighted by Gasteiger charge is 2.18. The van der Waals surface area contributed by atoms with Crippen LogP contribution in [-0.2, 0) is 6.42 Å². The minimum absolute atomic E-state index is 0.178. The van der Waals surface area contributed by atoms with Crippen LogP contribution < -0.4 is 5.32 Å². The molecule has 0 unspecified atom stereocenters. The molecule has 27 heavy (non-hydrogen) atoms. The van der Waals surface area contributed by atoms with Crippen molar-refractivity contribution in [2.45, 2.75) is 6.42 Å². The fourth-order valence-corrected chi connectivity index (χ4v) is 3.18. The van der Waals surface area contributed by atoms with Gasteiger partial charge in [0.25, 0.3) is 11.6 Å². The van der Waals surface area contributed by atoms with Gasteiger partial charge in [0.2, 0.25) is 0 Å². The number of nitro benzene ring substituents is 1. The van der Waals surface area contributed by atoms with Gasteiger partial charge in [-0.25, -0.2) is 4.98 Å². The van der Waals surface area contributed by atoms with E-state index in [0.29, 0.717) is 28.7 Å². The highest BCUT2D eigenvalue weighted by Crippen LogP contribution is 2.24. The molecule has 0 aliphatic rings. The van der Waals surface area contributed by atoms with Gasteiger partial charge in [0.05, 0.1) is 11.3 Å². The molecule has 1 N–H and O–H groups in total. The zero-order chi connectivity index (χ0) is 19.4. The zero-order valence-corrected chi connectivity index (χ0v) is 15.4. The van der Waals surface area contributed by atoms with E-state index in [1.165, 1.54) is 35.3 Å². The standard InChI is InChI=1S/C18H14Cl2N4O3/c19-14-7-12(8-15(20)10-14)3-4-22-18(25)13-1-2-16(17(9-13)24(26)27)23-6-5-21-11-23/h1-2,5-11H,3-4H2,(H,22,25). The maximum atomic E-state index is 12.3. The van der Waals surface area contributed by atoms with E-state index in [-0.39, 0.29) is 11.3 Å². The lowest BCUT2D eigenvalue weighted by molar-refractivity contribution is -0.384. The molecule has 0 aliphatic carbocycles. The monoisotopic (exact) mass is 404 g/mol. The van der Waals surface area contributed by atoms with Crippen LogP contribution in [0.25, 0.3) is 5.69 Å². The Morgan fingerprint density at radius 2 is 1.93 bits per heavy atom. The van der Waals surface area contributed by atoms with Gasteiger partial charge in [0.15, 0.2) is 0 Å². The Morgan fingerprint density at radius 3 is 2.56 bits per heavy atom. The van der Waals surface area contributed by atoms with E-state index in [1.54, 1.807) is 24.4 Å². The minimum atomic E-state index is -0.528. The molecule has 3 rings (SSSR count). The average Bonchev–Trinajstić information content (AvgIpc) is 3.14. The number of carbonyl (C=O) groups excluding carboxylic acids is 1. The van der Waals surface area contributed by atoms with E-state index in [0.717, 1.165) is 5.56 Å². The topological polar surface area (TPSA) is 90.1 Å². The first-order chi connectivity index (χ1) is 12.9. The fourth-order valence-electron chi connectivity index (χ4n) is 2.61. The summed E-state index contributed by atoms with van der Waals surface area (Å²) in [4.78, 5) is 27.1. The number of halogens is 2. The van der Waals surface area contributed by atoms with Crippen molar-refractivity contribution in [1.29, 1.82) is 0 Å². The van der Waals surface area contributed by atoms with Crippen LogP contribution in [0.15, 0.2) is 55.1 Å². The van der Waals surface area contributed by atoms with E-state index in [2.05, 4.69) is 10.3 Å². The maximum absolute atomic E-state index is 12.3. The van der Waals surface area contributed by atoms with Gasteiger partial charge in [-0.3, -0.25) is 14.9 Å². The van der Waals surface area contributed by atoms with E-state index in [9.17, 15) is 14.9 Å². The highest BCUT2D eigenvalue weighted by atomic mass is 35.5. The first-order valence-corrected chi connectivity index (χ1v) is 8.69. The second-order valence-electron chi connectivity index (χ2n) is 5.71. The summed E-state index contributed by atoms with van der Waals surface area (Å²) in [5.74, 6) is -0.400. The van der Waals surface area contributed by atoms with E-state index in [1.807, 2.05) is 0 Å². The quantitative estimate of drug-likeness (QED) is 0.495. The summed E-state index contributed by atoms with van der Waals surface area (Å²) in [6.07, 6.45) is 5.10. The molecule has 0 fully saturated rings. The number of nitrogens with zero attached hydrogens (tertiary/aromatic N) is 3. The molecule has 0 saturated carbocycles. The molecule has 2 aromatic carbocycles. The molecule has 0 radical (unpaired) electrons. The van der Waals surface area contributed by atoms with Crippen molar-refractivity contribution < 1.29 is 9.72 Å². The van der Waals surface area contributed by atoms with Gasteiger partial charge >= 0.3 is 0 Å². The molecular formula is C18H14Cl2N4O3. The van der Waals surface area contributed by atoms with Gasteiger partial charge in [-0.1, -0.05) is 23.2 Å². The smallest absolute Gasteiger partial charge is 0.294 e. The maximum Gasteiger partial charge on any atom is 0.294 e. The lowest BCUT2D eigenvalue weighted by Gasteiger charge is -2.08. The second kappa shape index (κ2) is 8.20. The van der Waals surface area contributed by atoms with Crippen LogP contribution in [0, 0.1) is 10.1 Å². The van der Waals surface area contributed by atoms with Crippen molar-refractivity contribution in [3.63, 3.8) is 0 Å². The molecule has 0 atom stereocenters. The minimum Gasteiger partial charge on any atom is -0.352 e. The lowest BCUT2D eigenvalue weighted by Crippen LogP contribution is -2.25. The predicted octanol–water partition coefficient (Wildman–Crippen LogP) is 4.06. The van der Waals surface area contributed by atoms with Crippen LogP contribution in [0.5, 0.6) is 0 Å². The molecule has 3 aromatic rings. The molecule has 1 amide bonds. The van der Waals surface area contributed by atoms with Crippen molar-refractivity contribution in [2.24, 2.45) is 0 Å². The summed E-state index contributed by atoms with van der Waals surface area (Å²) in [6, 6.07) is 9.47. The SMILES string of the molecule is O=C(NCCc1cc(Cl)cc(Cl)c1)c1ccc(-n2ccnc2)c([N+](=O)[O-])c1. The van der Waals surface area contributed by atoms with Crippen molar-refractivity contribution >= 4 is 34.8 Å². The van der Waals surface area contributed by atoms with E-state index >= 15 is 0 Å². The fraction of sp³-hybridized carbons (Fsp3) is 0.111. The molecule has 0 bridgehead atoms. The van der Waals surface area contributed by atoms with Crippen LogP contribution in [0.3, 0.4) is 0 Å². The normalized spacial score (nSPS) is 10.6. The van der Waals surface area contributed by atoms with Gasteiger partial charge in [-0.2, -0.15) is 0 Å². The van der Waals surface area contributed by atoms with Crippen molar-refractivity contribution in [3.8, 4) is 5.69 Å². The summed E-state index contributed by atoms with van der Waals surface area (Å²) < 4.78 is 1.52. The Hall–Kier alpha value is -2.90. The van der Waals surface area contributed by atoms with Crippen LogP contribution in [0.4, 0.5) is 5.69 Å². The zero-order valence-electron chi connectivity index (χ0n) is 13.9. The number of nitro groups is 1. The average molecular weight is 405 g/mol. The van der Waals surface area contributed by atoms with Gasteiger partial charge in [-0.15, -0.1) is 0 Å². The molecule has 9 heteroatoms. The van der Waals surface area contributed by atoms with Crippen LogP contribution in [0.1, 0.15) is 15.9 Å². The number of hydrogen-bond acceptors (Lipinski definition) is 4. The summed E-state index contributed by atoms with van der Waals surface area (Å²) in [7, 11) is 0. The number of benzene rings is 2. The van der Waals surface area contributed by atoms with Gasteiger partial charge in [-0.05, 0) is 42.3 Å². The number of aromatic nitrogens is 2. The predicted molar refractivity (Wildman–Crippen MR) is 103 cm³/mol. The number of carbonyl (C=O) groups is 1. The number of nitrogens with one attached hydrogen (secondary N) is 1. The number of hydrogen-bond donors (Lipinski definition) is 1. The van der Waals surface area contributed by atoms with Gasteiger partial charge < -0.3 is 9.88 Å². The number of amides is 1. The molecule has 0 spiro atoms. The van der Waals surface area contributed by atoms with Gasteiger partial charge in [0.1, 0.15) is 5.69 Å². The Balaban J connectivity index is 1.71. The second-order valence-corrected chi connectivity index (χ2v) is 6.59. The third kappa shape index (κ3) is 4.64. The van der Waals surface area contributed by atoms with Crippen LogP contribution in [0.2, 0.25) is 10.0 Å². The summed E-state index contributed by atoms with van der Waals surface area (Å²) in [5.41, 5.74) is 1.24.